The van der Waals surface area contributed by atoms with Crippen LogP contribution in [0.5, 0.6) is 0 Å². The predicted octanol–water partition coefficient (Wildman–Crippen LogP) is 1.39. The number of aliphatic hydroxyl groups is 1. The van der Waals surface area contributed by atoms with Crippen molar-refractivity contribution in [2.75, 3.05) is 26.2 Å². The first-order chi connectivity index (χ1) is 9.94. The smallest absolute Gasteiger partial charge is 0.215 e. The number of hydrogen-bond donors (Lipinski definition) is 2. The van der Waals surface area contributed by atoms with Crippen molar-refractivity contribution in [2.24, 2.45) is 0 Å². The van der Waals surface area contributed by atoms with Crippen LogP contribution in [-0.4, -0.2) is 49.9 Å². The Bertz CT molecular complexity index is 579. The van der Waals surface area contributed by atoms with E-state index in [-0.39, 0.29) is 0 Å². The van der Waals surface area contributed by atoms with E-state index in [2.05, 4.69) is 4.72 Å². The monoisotopic (exact) mass is 332 g/mol. The van der Waals surface area contributed by atoms with E-state index in [1.165, 1.54) is 0 Å². The van der Waals surface area contributed by atoms with E-state index in [0.29, 0.717) is 43.2 Å². The molecule has 1 aliphatic heterocycles. The third-order valence-electron chi connectivity index (χ3n) is 3.71. The third-order valence-corrected chi connectivity index (χ3v) is 6.01. The van der Waals surface area contributed by atoms with Crippen LogP contribution in [0.25, 0.3) is 0 Å². The van der Waals surface area contributed by atoms with Gasteiger partial charge in [-0.05, 0) is 19.0 Å². The number of halogens is 1. The van der Waals surface area contributed by atoms with Crippen molar-refractivity contribution in [3.05, 3.63) is 34.9 Å². The van der Waals surface area contributed by atoms with Crippen molar-refractivity contribution < 1.29 is 13.5 Å². The number of hydrogen-bond acceptors (Lipinski definition) is 4. The molecule has 1 heterocycles. The molecule has 1 aliphatic rings. The Kier molecular flexibility index (Phi) is 5.62. The molecule has 118 valence electrons. The lowest BCUT2D eigenvalue weighted by atomic mass is 10.1. The lowest BCUT2D eigenvalue weighted by Crippen LogP contribution is -2.37. The largest absolute Gasteiger partial charge is 0.387 e. The van der Waals surface area contributed by atoms with E-state index >= 15 is 0 Å². The molecule has 0 spiro atoms. The number of nitrogens with one attached hydrogen (secondary N) is 1. The molecule has 2 unspecified atom stereocenters. The summed E-state index contributed by atoms with van der Waals surface area (Å²) >= 11 is 6.06. The number of likely N-dealkylation sites (tertiary alicyclic amines) is 1. The van der Waals surface area contributed by atoms with Crippen LogP contribution >= 0.6 is 11.6 Å². The third kappa shape index (κ3) is 4.17. The molecule has 0 saturated carbocycles. The highest BCUT2D eigenvalue weighted by molar-refractivity contribution is 7.90. The van der Waals surface area contributed by atoms with Gasteiger partial charge in [-0.1, -0.05) is 36.7 Å². The van der Waals surface area contributed by atoms with Crippen molar-refractivity contribution in [3.63, 3.8) is 0 Å². The van der Waals surface area contributed by atoms with Gasteiger partial charge in [-0.15, -0.1) is 0 Å². The van der Waals surface area contributed by atoms with Crippen molar-refractivity contribution in [1.82, 2.24) is 9.62 Å². The fraction of sp³-hybridized carbons (Fsp3) is 0.571. The zero-order valence-corrected chi connectivity index (χ0v) is 13.6. The average Bonchev–Trinajstić information content (AvgIpc) is 2.88. The second-order valence-corrected chi connectivity index (χ2v) is 7.70. The molecule has 1 fully saturated rings. The number of nitrogens with zero attached hydrogens (tertiary/aromatic N) is 1. The van der Waals surface area contributed by atoms with E-state index in [9.17, 15) is 13.5 Å². The first-order valence-electron chi connectivity index (χ1n) is 7.07. The van der Waals surface area contributed by atoms with Crippen molar-refractivity contribution in [2.45, 2.75) is 24.7 Å². The molecule has 1 aromatic rings. The van der Waals surface area contributed by atoms with E-state index in [4.69, 9.17) is 11.6 Å². The van der Waals surface area contributed by atoms with Gasteiger partial charge in [0.25, 0.3) is 0 Å². The van der Waals surface area contributed by atoms with E-state index in [1.807, 2.05) is 17.0 Å². The van der Waals surface area contributed by atoms with Gasteiger partial charge < -0.3 is 5.11 Å². The van der Waals surface area contributed by atoms with Gasteiger partial charge in [0.2, 0.25) is 10.0 Å². The Morgan fingerprint density at radius 3 is 2.86 bits per heavy atom. The van der Waals surface area contributed by atoms with Crippen LogP contribution in [0.15, 0.2) is 24.3 Å². The number of benzene rings is 1. The molecule has 2 atom stereocenters. The predicted molar refractivity (Wildman–Crippen MR) is 83.9 cm³/mol. The summed E-state index contributed by atoms with van der Waals surface area (Å²) in [6.45, 7) is 3.67. The lowest BCUT2D eigenvalue weighted by molar-refractivity contribution is 0.126. The summed E-state index contributed by atoms with van der Waals surface area (Å²) in [4.78, 5) is 1.97. The maximum Gasteiger partial charge on any atom is 0.215 e. The average molecular weight is 333 g/mol. The fourth-order valence-electron chi connectivity index (χ4n) is 2.62. The van der Waals surface area contributed by atoms with Gasteiger partial charge in [0.05, 0.1) is 11.4 Å². The van der Waals surface area contributed by atoms with Crippen LogP contribution in [0.4, 0.5) is 0 Å². The Hall–Kier alpha value is -0.660. The molecule has 0 amide bonds. The summed E-state index contributed by atoms with van der Waals surface area (Å²) in [6, 6.07) is 7.17. The molecule has 2 N–H and O–H groups in total. The maximum atomic E-state index is 12.0. The van der Waals surface area contributed by atoms with Gasteiger partial charge in [-0.25, -0.2) is 13.1 Å². The molecule has 0 aliphatic carbocycles. The standard InChI is InChI=1S/C14H21ClN2O3S/c1-2-16-21(19,20)11-7-8-17(9-11)10-14(18)12-5-3-4-6-13(12)15/h3-6,11,14,16,18H,2,7-10H2,1H3. The molecule has 2 rings (SSSR count). The molecule has 5 nitrogen and oxygen atoms in total. The minimum Gasteiger partial charge on any atom is -0.387 e. The second-order valence-electron chi connectivity index (χ2n) is 5.25. The van der Waals surface area contributed by atoms with Gasteiger partial charge in [-0.2, -0.15) is 0 Å². The van der Waals surface area contributed by atoms with Gasteiger partial charge in [0, 0.05) is 30.2 Å². The zero-order valence-electron chi connectivity index (χ0n) is 12.0. The molecule has 0 aromatic heterocycles. The van der Waals surface area contributed by atoms with E-state index in [0.717, 1.165) is 0 Å². The van der Waals surface area contributed by atoms with Gasteiger partial charge in [0.15, 0.2) is 0 Å². The van der Waals surface area contributed by atoms with Gasteiger partial charge in [0.1, 0.15) is 0 Å². The Balaban J connectivity index is 1.95. The van der Waals surface area contributed by atoms with Crippen LogP contribution in [0.2, 0.25) is 5.02 Å². The minimum absolute atomic E-state index is 0.391. The summed E-state index contributed by atoms with van der Waals surface area (Å²) in [5.41, 5.74) is 0.678. The van der Waals surface area contributed by atoms with Crippen molar-refractivity contribution in [1.29, 1.82) is 0 Å². The van der Waals surface area contributed by atoms with Crippen molar-refractivity contribution in [3.8, 4) is 0 Å². The van der Waals surface area contributed by atoms with Gasteiger partial charge >= 0.3 is 0 Å². The fourth-order valence-corrected chi connectivity index (χ4v) is 4.35. The quantitative estimate of drug-likeness (QED) is 0.826. The van der Waals surface area contributed by atoms with Crippen molar-refractivity contribution >= 4 is 21.6 Å². The normalized spacial score (nSPS) is 21.6. The summed E-state index contributed by atoms with van der Waals surface area (Å²) < 4.78 is 26.5. The van der Waals surface area contributed by atoms with Crippen LogP contribution in [0, 0.1) is 0 Å². The molecule has 0 radical (unpaired) electrons. The second kappa shape index (κ2) is 7.07. The van der Waals surface area contributed by atoms with Crippen LogP contribution in [0.1, 0.15) is 25.0 Å². The molecule has 1 saturated heterocycles. The molecule has 0 bridgehead atoms. The molecule has 7 heteroatoms. The summed E-state index contributed by atoms with van der Waals surface area (Å²) in [5.74, 6) is 0. The number of sulfonamides is 1. The highest BCUT2D eigenvalue weighted by atomic mass is 35.5. The lowest BCUT2D eigenvalue weighted by Gasteiger charge is -2.21. The number of β-amino-alcohol motifs (C(OH)–C–C–N with tert-alkyl or cyclic N) is 1. The maximum absolute atomic E-state index is 12.0. The van der Waals surface area contributed by atoms with E-state index in [1.54, 1.807) is 19.1 Å². The number of aliphatic hydroxyl groups excluding tert-OH is 1. The van der Waals surface area contributed by atoms with Crippen LogP contribution in [0.3, 0.4) is 0 Å². The summed E-state index contributed by atoms with van der Waals surface area (Å²) in [7, 11) is -3.25. The Labute approximate surface area is 131 Å². The van der Waals surface area contributed by atoms with Crippen LogP contribution in [-0.2, 0) is 10.0 Å². The van der Waals surface area contributed by atoms with E-state index < -0.39 is 21.4 Å². The summed E-state index contributed by atoms with van der Waals surface area (Å²) in [5, 5.41) is 10.4. The topological polar surface area (TPSA) is 69.6 Å². The molecule has 21 heavy (non-hydrogen) atoms. The first-order valence-corrected chi connectivity index (χ1v) is 8.99. The van der Waals surface area contributed by atoms with Crippen LogP contribution < -0.4 is 4.72 Å². The Morgan fingerprint density at radius 2 is 2.19 bits per heavy atom. The van der Waals surface area contributed by atoms with Gasteiger partial charge in [-0.3, -0.25) is 4.90 Å². The summed E-state index contributed by atoms with van der Waals surface area (Å²) in [6.07, 6.45) is -0.121. The minimum atomic E-state index is -3.25. The highest BCUT2D eigenvalue weighted by Crippen LogP contribution is 2.25. The Morgan fingerprint density at radius 1 is 1.48 bits per heavy atom. The molecule has 1 aromatic carbocycles. The molecular formula is C14H21ClN2O3S. The highest BCUT2D eigenvalue weighted by Gasteiger charge is 2.33. The molecular weight excluding hydrogens is 312 g/mol. The SMILES string of the molecule is CCNS(=O)(=O)C1CCN(CC(O)c2ccccc2Cl)C1. The first kappa shape index (κ1) is 16.7. The zero-order chi connectivity index (χ0) is 15.5. The number of rotatable bonds is 6.